The van der Waals surface area contributed by atoms with Crippen LogP contribution >= 0.6 is 0 Å². The average molecular weight is 249 g/mol. The molecule has 2 aliphatic rings. The molecule has 1 fully saturated rings. The summed E-state index contributed by atoms with van der Waals surface area (Å²) in [5.74, 6) is 0.731. The Bertz CT molecular complexity index is 455. The molecule has 18 heavy (non-hydrogen) atoms. The lowest BCUT2D eigenvalue weighted by Gasteiger charge is -2.33. The van der Waals surface area contributed by atoms with Crippen LogP contribution in [0.25, 0.3) is 0 Å². The number of carbonyl (C=O) groups is 1. The normalized spacial score (nSPS) is 23.4. The molecule has 0 radical (unpaired) electrons. The van der Waals surface area contributed by atoms with Gasteiger partial charge in [-0.25, -0.2) is 4.68 Å². The lowest BCUT2D eigenvalue weighted by Crippen LogP contribution is -2.42. The number of rotatable bonds is 1. The second-order valence-corrected chi connectivity index (χ2v) is 5.13. The first kappa shape index (κ1) is 11.6. The Morgan fingerprint density at radius 1 is 1.39 bits per heavy atom. The van der Waals surface area contributed by atoms with Crippen molar-refractivity contribution >= 4 is 5.91 Å². The smallest absolute Gasteiger partial charge is 0.261 e. The molecule has 2 aliphatic heterocycles. The Labute approximate surface area is 107 Å². The summed E-state index contributed by atoms with van der Waals surface area (Å²) in [6, 6.07) is 0.324. The molecule has 3 heterocycles. The van der Waals surface area contributed by atoms with E-state index in [2.05, 4.69) is 12.0 Å². The highest BCUT2D eigenvalue weighted by Gasteiger charge is 2.29. The van der Waals surface area contributed by atoms with Crippen LogP contribution in [0.1, 0.15) is 43.0 Å². The van der Waals surface area contributed by atoms with E-state index in [1.165, 1.54) is 6.42 Å². The van der Waals surface area contributed by atoms with Crippen LogP contribution in [0.5, 0.6) is 5.88 Å². The van der Waals surface area contributed by atoms with E-state index in [0.717, 1.165) is 32.4 Å². The molecular formula is C13H19N3O2. The van der Waals surface area contributed by atoms with Crippen LogP contribution in [0.4, 0.5) is 0 Å². The van der Waals surface area contributed by atoms with Crippen molar-refractivity contribution in [3.05, 3.63) is 11.8 Å². The summed E-state index contributed by atoms with van der Waals surface area (Å²) >= 11 is 0. The number of nitrogens with zero attached hydrogens (tertiary/aromatic N) is 3. The molecule has 0 spiro atoms. The van der Waals surface area contributed by atoms with Crippen molar-refractivity contribution in [3.8, 4) is 5.88 Å². The van der Waals surface area contributed by atoms with Gasteiger partial charge in [0.05, 0.1) is 12.8 Å². The average Bonchev–Trinajstić information content (AvgIpc) is 2.82. The van der Waals surface area contributed by atoms with Crippen LogP contribution < -0.4 is 4.74 Å². The fourth-order valence-corrected chi connectivity index (χ4v) is 2.77. The topological polar surface area (TPSA) is 47.4 Å². The summed E-state index contributed by atoms with van der Waals surface area (Å²) in [7, 11) is 0. The van der Waals surface area contributed by atoms with Crippen molar-refractivity contribution in [2.45, 2.75) is 45.2 Å². The van der Waals surface area contributed by atoms with E-state index in [9.17, 15) is 4.79 Å². The summed E-state index contributed by atoms with van der Waals surface area (Å²) in [6.07, 6.45) is 6.02. The fourth-order valence-electron chi connectivity index (χ4n) is 2.77. The molecule has 0 aliphatic carbocycles. The van der Waals surface area contributed by atoms with Crippen LogP contribution in [-0.2, 0) is 6.54 Å². The number of aryl methyl sites for hydroxylation is 1. The lowest BCUT2D eigenvalue weighted by molar-refractivity contribution is 0.0629. The van der Waals surface area contributed by atoms with Gasteiger partial charge in [-0.1, -0.05) is 0 Å². The molecule has 0 N–H and O–H groups in total. The number of hydrogen-bond donors (Lipinski definition) is 0. The summed E-state index contributed by atoms with van der Waals surface area (Å²) < 4.78 is 7.39. The minimum absolute atomic E-state index is 0.0744. The number of fused-ring (bicyclic) bond motifs is 1. The second-order valence-electron chi connectivity index (χ2n) is 5.13. The highest BCUT2D eigenvalue weighted by molar-refractivity contribution is 5.96. The van der Waals surface area contributed by atoms with Gasteiger partial charge in [0.2, 0.25) is 5.88 Å². The quantitative estimate of drug-likeness (QED) is 0.760. The highest BCUT2D eigenvalue weighted by Crippen LogP contribution is 2.26. The molecule has 0 aromatic carbocycles. The predicted octanol–water partition coefficient (Wildman–Crippen LogP) is 1.68. The van der Waals surface area contributed by atoms with Crippen molar-refractivity contribution < 1.29 is 9.53 Å². The van der Waals surface area contributed by atoms with Crippen LogP contribution in [0.2, 0.25) is 0 Å². The molecule has 0 bridgehead atoms. The van der Waals surface area contributed by atoms with E-state index in [-0.39, 0.29) is 5.91 Å². The molecule has 5 nitrogen and oxygen atoms in total. The summed E-state index contributed by atoms with van der Waals surface area (Å²) in [4.78, 5) is 14.5. The molecule has 3 rings (SSSR count). The maximum atomic E-state index is 12.5. The predicted molar refractivity (Wildman–Crippen MR) is 66.7 cm³/mol. The number of likely N-dealkylation sites (tertiary alicyclic amines) is 1. The Morgan fingerprint density at radius 3 is 3.11 bits per heavy atom. The Kier molecular flexibility index (Phi) is 2.97. The fraction of sp³-hybridized carbons (Fsp3) is 0.692. The van der Waals surface area contributed by atoms with E-state index in [0.29, 0.717) is 24.1 Å². The zero-order valence-electron chi connectivity index (χ0n) is 10.8. The second kappa shape index (κ2) is 4.63. The standard InChI is InChI=1S/C13H19N3O2/c1-10-5-2-3-6-15(10)12(17)11-9-14-16-7-4-8-18-13(11)16/h9-10H,2-8H2,1H3. The monoisotopic (exact) mass is 249 g/mol. The minimum Gasteiger partial charge on any atom is -0.477 e. The van der Waals surface area contributed by atoms with Gasteiger partial charge >= 0.3 is 0 Å². The van der Waals surface area contributed by atoms with Gasteiger partial charge in [0, 0.05) is 25.6 Å². The molecule has 1 aromatic rings. The number of ether oxygens (including phenoxy) is 1. The number of aromatic nitrogens is 2. The van der Waals surface area contributed by atoms with Gasteiger partial charge in [-0.05, 0) is 26.2 Å². The first-order chi connectivity index (χ1) is 8.77. The number of piperidine rings is 1. The maximum absolute atomic E-state index is 12.5. The van der Waals surface area contributed by atoms with E-state index < -0.39 is 0 Å². The Balaban J connectivity index is 1.85. The third-order valence-corrected chi connectivity index (χ3v) is 3.84. The molecule has 1 saturated heterocycles. The summed E-state index contributed by atoms with van der Waals surface area (Å²) in [5, 5.41) is 4.24. The van der Waals surface area contributed by atoms with Crippen LogP contribution in [0.15, 0.2) is 6.20 Å². The molecular weight excluding hydrogens is 230 g/mol. The van der Waals surface area contributed by atoms with Gasteiger partial charge in [-0.15, -0.1) is 0 Å². The largest absolute Gasteiger partial charge is 0.477 e. The molecule has 1 unspecified atom stereocenters. The van der Waals surface area contributed by atoms with Gasteiger partial charge in [0.15, 0.2) is 0 Å². The van der Waals surface area contributed by atoms with Crippen molar-refractivity contribution in [1.29, 1.82) is 0 Å². The molecule has 5 heteroatoms. The van der Waals surface area contributed by atoms with Gasteiger partial charge < -0.3 is 9.64 Å². The molecule has 98 valence electrons. The Morgan fingerprint density at radius 2 is 2.28 bits per heavy atom. The third-order valence-electron chi connectivity index (χ3n) is 3.84. The zero-order valence-corrected chi connectivity index (χ0v) is 10.8. The van der Waals surface area contributed by atoms with Crippen LogP contribution in [0, 0.1) is 0 Å². The lowest BCUT2D eigenvalue weighted by atomic mass is 10.0. The van der Waals surface area contributed by atoms with Crippen molar-refractivity contribution in [2.24, 2.45) is 0 Å². The zero-order chi connectivity index (χ0) is 12.5. The highest BCUT2D eigenvalue weighted by atomic mass is 16.5. The van der Waals surface area contributed by atoms with E-state index in [1.807, 2.05) is 4.90 Å². The molecule has 1 aromatic heterocycles. The Hall–Kier alpha value is -1.52. The van der Waals surface area contributed by atoms with Crippen LogP contribution in [-0.4, -0.2) is 39.8 Å². The van der Waals surface area contributed by atoms with E-state index in [4.69, 9.17) is 4.74 Å². The van der Waals surface area contributed by atoms with E-state index in [1.54, 1.807) is 10.9 Å². The molecule has 0 saturated carbocycles. The SMILES string of the molecule is CC1CCCCN1C(=O)c1cnn2c1OCCC2. The van der Waals surface area contributed by atoms with Crippen molar-refractivity contribution in [3.63, 3.8) is 0 Å². The number of hydrogen-bond acceptors (Lipinski definition) is 3. The first-order valence-electron chi connectivity index (χ1n) is 6.77. The summed E-state index contributed by atoms with van der Waals surface area (Å²) in [5.41, 5.74) is 0.628. The van der Waals surface area contributed by atoms with Crippen LogP contribution in [0.3, 0.4) is 0 Å². The van der Waals surface area contributed by atoms with Crippen molar-refractivity contribution in [1.82, 2.24) is 14.7 Å². The summed E-state index contributed by atoms with van der Waals surface area (Å²) in [6.45, 7) is 4.50. The van der Waals surface area contributed by atoms with Gasteiger partial charge in [-0.3, -0.25) is 4.79 Å². The number of amides is 1. The molecule has 1 amide bonds. The van der Waals surface area contributed by atoms with E-state index >= 15 is 0 Å². The third kappa shape index (κ3) is 1.87. The van der Waals surface area contributed by atoms with Gasteiger partial charge in [0.1, 0.15) is 5.56 Å². The van der Waals surface area contributed by atoms with Gasteiger partial charge in [-0.2, -0.15) is 5.10 Å². The first-order valence-corrected chi connectivity index (χ1v) is 6.77. The minimum atomic E-state index is 0.0744. The maximum Gasteiger partial charge on any atom is 0.261 e. The van der Waals surface area contributed by atoms with Crippen molar-refractivity contribution in [2.75, 3.05) is 13.2 Å². The molecule has 1 atom stereocenters. The van der Waals surface area contributed by atoms with Gasteiger partial charge in [0.25, 0.3) is 5.91 Å². The number of carbonyl (C=O) groups excluding carboxylic acids is 1.